The molecule has 5 heterocycles. The lowest BCUT2D eigenvalue weighted by atomic mass is 9.53. The summed E-state index contributed by atoms with van der Waals surface area (Å²) in [4.78, 5) is 32.2. The largest absolute Gasteiger partial charge is 0.493 e. The van der Waals surface area contributed by atoms with Crippen molar-refractivity contribution in [1.29, 1.82) is 0 Å². The Bertz CT molecular complexity index is 1370. The number of benzene rings is 2. The fraction of sp³-hybridized carbons (Fsp3) is 0.467. The summed E-state index contributed by atoms with van der Waals surface area (Å²) in [5, 5.41) is 0. The van der Waals surface area contributed by atoms with Crippen LogP contribution in [-0.4, -0.2) is 68.2 Å². The molecule has 1 saturated carbocycles. The average Bonchev–Trinajstić information content (AvgIpc) is 3.40. The van der Waals surface area contributed by atoms with Gasteiger partial charge < -0.3 is 19.1 Å². The van der Waals surface area contributed by atoms with E-state index in [0.717, 1.165) is 31.6 Å². The maximum atomic E-state index is 13.9. The zero-order valence-electron chi connectivity index (χ0n) is 21.1. The molecule has 37 heavy (non-hydrogen) atoms. The molecule has 0 N–H and O–H groups in total. The molecule has 4 fully saturated rings. The van der Waals surface area contributed by atoms with E-state index in [2.05, 4.69) is 21.9 Å². The Hall–Kier alpha value is -3.16. The van der Waals surface area contributed by atoms with Crippen molar-refractivity contribution in [2.24, 2.45) is 11.8 Å². The third-order valence-corrected chi connectivity index (χ3v) is 10.2. The Balaban J connectivity index is 1.30. The van der Waals surface area contributed by atoms with Crippen molar-refractivity contribution in [3.8, 4) is 11.5 Å². The zero-order chi connectivity index (χ0) is 25.1. The van der Waals surface area contributed by atoms with E-state index < -0.39 is 6.10 Å². The lowest BCUT2D eigenvalue weighted by molar-refractivity contribution is -0.134. The van der Waals surface area contributed by atoms with Crippen LogP contribution in [0.4, 0.5) is 5.69 Å². The van der Waals surface area contributed by atoms with Crippen LogP contribution < -0.4 is 14.4 Å². The molecule has 2 bridgehead atoms. The van der Waals surface area contributed by atoms with Gasteiger partial charge in [0.15, 0.2) is 17.3 Å². The molecule has 1 aliphatic carbocycles. The highest BCUT2D eigenvalue weighted by molar-refractivity contribution is 6.02. The van der Waals surface area contributed by atoms with Gasteiger partial charge in [0.2, 0.25) is 5.91 Å². The van der Waals surface area contributed by atoms with Gasteiger partial charge in [-0.1, -0.05) is 35.9 Å². The van der Waals surface area contributed by atoms with Crippen molar-refractivity contribution in [2.75, 3.05) is 32.2 Å². The van der Waals surface area contributed by atoms with E-state index in [-0.39, 0.29) is 41.6 Å². The summed E-state index contributed by atoms with van der Waals surface area (Å²) in [6.45, 7) is 1.85. The Kier molecular flexibility index (Phi) is 4.41. The smallest absolute Gasteiger partial charge is 0.229 e. The first-order chi connectivity index (χ1) is 18.0. The molecular weight excluding hydrogens is 468 g/mol. The number of hydrogen-bond donors (Lipinski definition) is 0. The Morgan fingerprint density at radius 1 is 1.11 bits per heavy atom. The number of methoxy groups -OCH3 is 2. The minimum atomic E-state index is -0.663. The summed E-state index contributed by atoms with van der Waals surface area (Å²) in [5.74, 6) is 1.87. The van der Waals surface area contributed by atoms with Gasteiger partial charge in [-0.15, -0.1) is 0 Å². The van der Waals surface area contributed by atoms with Crippen molar-refractivity contribution in [2.45, 2.75) is 49.0 Å². The van der Waals surface area contributed by atoms with E-state index in [1.165, 1.54) is 11.1 Å². The van der Waals surface area contributed by atoms with E-state index in [4.69, 9.17) is 14.2 Å². The zero-order valence-corrected chi connectivity index (χ0v) is 21.1. The van der Waals surface area contributed by atoms with Crippen LogP contribution in [0, 0.1) is 11.8 Å². The molecule has 2 aromatic rings. The fourth-order valence-corrected chi connectivity index (χ4v) is 8.85. The highest BCUT2D eigenvalue weighted by Crippen LogP contribution is 2.66. The molecule has 190 valence electrons. The van der Waals surface area contributed by atoms with Crippen molar-refractivity contribution < 1.29 is 23.8 Å². The van der Waals surface area contributed by atoms with E-state index in [0.29, 0.717) is 29.0 Å². The van der Waals surface area contributed by atoms with E-state index >= 15 is 0 Å². The number of ether oxygens (including phenoxy) is 3. The number of rotatable bonds is 4. The van der Waals surface area contributed by atoms with Crippen LogP contribution in [0.1, 0.15) is 35.2 Å². The standard InChI is InChI=1S/C30H30N2O5/c1-35-21-12-19-20(13-22(21)36-2)32-26(33)14-23-27-18-11-25-30(19,29(27)32)8-9-31(25)15-17(18)10-24(37-23)28(34)16-6-4-3-5-7-16/h3-7,10,12-13,18,23-25,27,29H,8-9,11,14-15H2,1-2H3/t18-,23-,24?,25-,27-,29-,30+/m0/s1. The predicted octanol–water partition coefficient (Wildman–Crippen LogP) is 3.36. The second kappa shape index (κ2) is 7.45. The van der Waals surface area contributed by atoms with Gasteiger partial charge in [-0.2, -0.15) is 0 Å². The minimum Gasteiger partial charge on any atom is -0.493 e. The number of piperidine rings is 2. The molecule has 1 unspecified atom stereocenters. The average molecular weight is 499 g/mol. The molecule has 0 radical (unpaired) electrons. The van der Waals surface area contributed by atoms with Gasteiger partial charge in [0, 0.05) is 35.5 Å². The lowest BCUT2D eigenvalue weighted by Crippen LogP contribution is -2.69. The van der Waals surface area contributed by atoms with Crippen LogP contribution in [0.3, 0.4) is 0 Å². The Labute approximate surface area is 216 Å². The van der Waals surface area contributed by atoms with Crippen LogP contribution in [0.25, 0.3) is 0 Å². The normalized spacial score (nSPS) is 36.5. The second-order valence-corrected chi connectivity index (χ2v) is 11.4. The highest BCUT2D eigenvalue weighted by Gasteiger charge is 2.71. The van der Waals surface area contributed by atoms with Gasteiger partial charge >= 0.3 is 0 Å². The Morgan fingerprint density at radius 3 is 2.68 bits per heavy atom. The second-order valence-electron chi connectivity index (χ2n) is 11.4. The quantitative estimate of drug-likeness (QED) is 0.476. The summed E-state index contributed by atoms with van der Waals surface area (Å²) >= 11 is 0. The number of amides is 1. The molecule has 6 aliphatic rings. The SMILES string of the molecule is COc1cc2c(cc1OC)[C@@]13CCN4CC5=CC(C(=O)c6ccccc6)O[C@H]6CC(=O)N2[C@H]1[C@H]6[C@H]5C[C@H]43. The van der Waals surface area contributed by atoms with Crippen LogP contribution in [0.15, 0.2) is 54.1 Å². The molecule has 7 atom stereocenters. The lowest BCUT2D eigenvalue weighted by Gasteiger charge is -2.58. The topological polar surface area (TPSA) is 68.3 Å². The summed E-state index contributed by atoms with van der Waals surface area (Å²) in [5.41, 5.74) is 3.98. The highest BCUT2D eigenvalue weighted by atomic mass is 16.5. The summed E-state index contributed by atoms with van der Waals surface area (Å²) in [6, 6.07) is 13.9. The molecule has 8 rings (SSSR count). The number of hydrogen-bond acceptors (Lipinski definition) is 6. The first-order valence-electron chi connectivity index (χ1n) is 13.3. The van der Waals surface area contributed by atoms with Crippen molar-refractivity contribution in [1.82, 2.24) is 4.90 Å². The summed E-state index contributed by atoms with van der Waals surface area (Å²) in [6.07, 6.45) is 3.48. The first-order valence-corrected chi connectivity index (χ1v) is 13.3. The van der Waals surface area contributed by atoms with E-state index in [1.807, 2.05) is 36.4 Å². The van der Waals surface area contributed by atoms with Gasteiger partial charge in [0.25, 0.3) is 0 Å². The number of carbonyl (C=O) groups is 2. The van der Waals surface area contributed by atoms with Crippen molar-refractivity contribution in [3.63, 3.8) is 0 Å². The maximum absolute atomic E-state index is 13.9. The molecule has 7 heteroatoms. The molecule has 7 nitrogen and oxygen atoms in total. The van der Waals surface area contributed by atoms with Gasteiger partial charge in [-0.25, -0.2) is 0 Å². The molecule has 2 aromatic carbocycles. The monoisotopic (exact) mass is 498 g/mol. The van der Waals surface area contributed by atoms with Crippen LogP contribution >= 0.6 is 0 Å². The summed E-state index contributed by atoms with van der Waals surface area (Å²) < 4.78 is 18.0. The minimum absolute atomic E-state index is 0.00795. The maximum Gasteiger partial charge on any atom is 0.229 e. The van der Waals surface area contributed by atoms with Crippen LogP contribution in [0.5, 0.6) is 11.5 Å². The number of Topliss-reactive ketones (excluding diaryl/α,β-unsaturated/α-hetero) is 1. The molecule has 1 spiro atoms. The number of nitrogens with zero attached hydrogens (tertiary/aromatic N) is 2. The number of fused-ring (bicyclic) bond motifs is 2. The molecule has 5 aliphatic heterocycles. The number of ketones is 1. The van der Waals surface area contributed by atoms with Gasteiger partial charge in [0.1, 0.15) is 6.10 Å². The van der Waals surface area contributed by atoms with E-state index in [1.54, 1.807) is 14.2 Å². The summed E-state index contributed by atoms with van der Waals surface area (Å²) in [7, 11) is 3.31. The third kappa shape index (κ3) is 2.64. The molecular formula is C30H30N2O5. The number of anilines is 1. The Morgan fingerprint density at radius 2 is 1.89 bits per heavy atom. The van der Waals surface area contributed by atoms with Gasteiger partial charge in [0.05, 0.1) is 38.5 Å². The third-order valence-electron chi connectivity index (χ3n) is 10.2. The predicted molar refractivity (Wildman–Crippen MR) is 136 cm³/mol. The van der Waals surface area contributed by atoms with E-state index in [9.17, 15) is 9.59 Å². The number of carbonyl (C=O) groups excluding carboxylic acids is 2. The van der Waals surface area contributed by atoms with Gasteiger partial charge in [-0.05, 0) is 43.0 Å². The van der Waals surface area contributed by atoms with Crippen LogP contribution in [0.2, 0.25) is 0 Å². The van der Waals surface area contributed by atoms with Crippen molar-refractivity contribution in [3.05, 3.63) is 65.2 Å². The molecule has 3 saturated heterocycles. The first kappa shape index (κ1) is 21.9. The molecule has 0 aromatic heterocycles. The molecule has 1 amide bonds. The van der Waals surface area contributed by atoms with Crippen LogP contribution in [-0.2, 0) is 14.9 Å². The van der Waals surface area contributed by atoms with Crippen molar-refractivity contribution >= 4 is 17.4 Å². The fourth-order valence-electron chi connectivity index (χ4n) is 8.85. The van der Waals surface area contributed by atoms with Gasteiger partial charge in [-0.3, -0.25) is 14.5 Å².